The molecule has 0 spiro atoms. The molecule has 2 aliphatic heterocycles. The Balaban J connectivity index is 1.90. The number of benzene rings is 1. The fourth-order valence-electron chi connectivity index (χ4n) is 2.31. The molecule has 1 saturated heterocycles. The Kier molecular flexibility index (Phi) is 3.32. The van der Waals surface area contributed by atoms with E-state index in [0.717, 1.165) is 31.7 Å². The number of nitrogens with zero attached hydrogens (tertiary/aromatic N) is 1. The Morgan fingerprint density at radius 1 is 1.33 bits per heavy atom. The Bertz CT molecular complexity index is 461. The van der Waals surface area contributed by atoms with E-state index in [9.17, 15) is 5.11 Å². The minimum Gasteiger partial charge on any atom is -0.506 e. The van der Waals surface area contributed by atoms with Gasteiger partial charge in [0.25, 0.3) is 0 Å². The van der Waals surface area contributed by atoms with Crippen molar-refractivity contribution in [2.75, 3.05) is 33.0 Å². The number of phenolic OH excluding ortho intramolecular Hbond substituents is 1. The second kappa shape index (κ2) is 4.95. The van der Waals surface area contributed by atoms with Crippen LogP contribution >= 0.6 is 15.9 Å². The predicted octanol–water partition coefficient (Wildman–Crippen LogP) is 1.29. The highest BCUT2D eigenvalue weighted by Gasteiger charge is 2.25. The van der Waals surface area contributed by atoms with E-state index in [-0.39, 0.29) is 12.5 Å². The summed E-state index contributed by atoms with van der Waals surface area (Å²) in [5.41, 5.74) is 0.804. The van der Waals surface area contributed by atoms with Gasteiger partial charge in [0.2, 0.25) is 6.79 Å². The van der Waals surface area contributed by atoms with Crippen molar-refractivity contribution in [2.24, 2.45) is 0 Å². The van der Waals surface area contributed by atoms with Crippen LogP contribution in [0, 0.1) is 0 Å². The number of halogens is 1. The molecule has 2 N–H and O–H groups in total. The predicted molar refractivity (Wildman–Crippen MR) is 70.1 cm³/mol. The molecule has 6 heteroatoms. The van der Waals surface area contributed by atoms with Crippen LogP contribution in [-0.4, -0.2) is 43.0 Å². The molecule has 2 heterocycles. The lowest BCUT2D eigenvalue weighted by Crippen LogP contribution is -2.42. The lowest BCUT2D eigenvalue weighted by molar-refractivity contribution is 0.170. The number of piperazine rings is 1. The zero-order valence-electron chi connectivity index (χ0n) is 9.91. The van der Waals surface area contributed by atoms with Gasteiger partial charge in [0, 0.05) is 38.8 Å². The fraction of sp³-hybridized carbons (Fsp3) is 0.500. The third kappa shape index (κ3) is 2.15. The number of nitrogens with one attached hydrogen (secondary N) is 1. The van der Waals surface area contributed by atoms with Gasteiger partial charge in [-0.1, -0.05) is 0 Å². The average Bonchev–Trinajstić information content (AvgIpc) is 2.84. The van der Waals surface area contributed by atoms with Gasteiger partial charge in [0.05, 0.1) is 10.0 Å². The number of hydrogen-bond acceptors (Lipinski definition) is 5. The van der Waals surface area contributed by atoms with Gasteiger partial charge in [-0.05, 0) is 15.9 Å². The molecule has 0 unspecified atom stereocenters. The first-order valence-electron chi connectivity index (χ1n) is 5.98. The lowest BCUT2D eigenvalue weighted by atomic mass is 10.1. The normalized spacial score (nSPS) is 19.2. The Morgan fingerprint density at radius 2 is 2.11 bits per heavy atom. The number of rotatable bonds is 2. The highest BCUT2D eigenvalue weighted by molar-refractivity contribution is 9.10. The van der Waals surface area contributed by atoms with Crippen LogP contribution in [-0.2, 0) is 6.54 Å². The molecule has 3 rings (SSSR count). The quantitative estimate of drug-likeness (QED) is 0.861. The highest BCUT2D eigenvalue weighted by atomic mass is 79.9. The van der Waals surface area contributed by atoms with Gasteiger partial charge in [-0.3, -0.25) is 4.90 Å². The Labute approximate surface area is 114 Å². The van der Waals surface area contributed by atoms with Gasteiger partial charge in [-0.25, -0.2) is 0 Å². The van der Waals surface area contributed by atoms with Gasteiger partial charge in [0.1, 0.15) is 5.75 Å². The summed E-state index contributed by atoms with van der Waals surface area (Å²) >= 11 is 3.35. The maximum absolute atomic E-state index is 10.2. The second-order valence-electron chi connectivity index (χ2n) is 4.45. The van der Waals surface area contributed by atoms with Crippen molar-refractivity contribution in [1.29, 1.82) is 0 Å². The third-order valence-corrected chi connectivity index (χ3v) is 3.88. The summed E-state index contributed by atoms with van der Waals surface area (Å²) in [5.74, 6) is 1.62. The van der Waals surface area contributed by atoms with Crippen molar-refractivity contribution in [3.8, 4) is 17.2 Å². The second-order valence-corrected chi connectivity index (χ2v) is 5.30. The van der Waals surface area contributed by atoms with E-state index in [0.29, 0.717) is 22.5 Å². The largest absolute Gasteiger partial charge is 0.506 e. The van der Waals surface area contributed by atoms with Crippen molar-refractivity contribution in [3.05, 3.63) is 16.1 Å². The number of hydrogen-bond donors (Lipinski definition) is 2. The molecule has 0 saturated carbocycles. The molecule has 18 heavy (non-hydrogen) atoms. The van der Waals surface area contributed by atoms with Gasteiger partial charge >= 0.3 is 0 Å². The van der Waals surface area contributed by atoms with Gasteiger partial charge in [-0.15, -0.1) is 0 Å². The summed E-state index contributed by atoms with van der Waals surface area (Å²) < 4.78 is 11.5. The maximum Gasteiger partial charge on any atom is 0.231 e. The summed E-state index contributed by atoms with van der Waals surface area (Å²) in [4.78, 5) is 2.29. The molecule has 0 atom stereocenters. The van der Waals surface area contributed by atoms with E-state index in [1.54, 1.807) is 6.07 Å². The topological polar surface area (TPSA) is 54.0 Å². The SMILES string of the molecule is Oc1c(Br)cc2c(c1CN1CCNCC1)OCO2. The number of phenols is 1. The van der Waals surface area contributed by atoms with Crippen LogP contribution in [0.1, 0.15) is 5.56 Å². The smallest absolute Gasteiger partial charge is 0.231 e. The van der Waals surface area contributed by atoms with E-state index in [4.69, 9.17) is 9.47 Å². The van der Waals surface area contributed by atoms with Crippen LogP contribution in [0.4, 0.5) is 0 Å². The van der Waals surface area contributed by atoms with Crippen LogP contribution in [0.25, 0.3) is 0 Å². The minimum atomic E-state index is 0.222. The molecule has 1 fully saturated rings. The molecular weight excluding hydrogens is 300 g/mol. The van der Waals surface area contributed by atoms with Crippen LogP contribution < -0.4 is 14.8 Å². The number of aromatic hydroxyl groups is 1. The molecule has 2 aliphatic rings. The first-order chi connectivity index (χ1) is 8.75. The lowest BCUT2D eigenvalue weighted by Gasteiger charge is -2.27. The first kappa shape index (κ1) is 12.1. The molecule has 1 aromatic rings. The molecule has 0 bridgehead atoms. The number of fused-ring (bicyclic) bond motifs is 1. The fourth-order valence-corrected chi connectivity index (χ4v) is 2.75. The monoisotopic (exact) mass is 314 g/mol. The van der Waals surface area contributed by atoms with Gasteiger partial charge in [0.15, 0.2) is 11.5 Å². The molecule has 98 valence electrons. The maximum atomic E-state index is 10.2. The van der Waals surface area contributed by atoms with E-state index < -0.39 is 0 Å². The minimum absolute atomic E-state index is 0.222. The van der Waals surface area contributed by atoms with Crippen LogP contribution in [0.3, 0.4) is 0 Å². The van der Waals surface area contributed by atoms with Crippen molar-refractivity contribution < 1.29 is 14.6 Å². The van der Waals surface area contributed by atoms with Crippen molar-refractivity contribution in [3.63, 3.8) is 0 Å². The van der Waals surface area contributed by atoms with Crippen LogP contribution in [0.2, 0.25) is 0 Å². The molecule has 0 aliphatic carbocycles. The molecule has 5 nitrogen and oxygen atoms in total. The van der Waals surface area contributed by atoms with Gasteiger partial charge in [-0.2, -0.15) is 0 Å². The molecular formula is C12H15BrN2O3. The average molecular weight is 315 g/mol. The van der Waals surface area contributed by atoms with Gasteiger partial charge < -0.3 is 19.9 Å². The van der Waals surface area contributed by atoms with Crippen molar-refractivity contribution >= 4 is 15.9 Å². The standard InChI is InChI=1S/C12H15BrN2O3/c13-9-5-10-12(18-7-17-10)8(11(9)16)6-15-3-1-14-2-4-15/h5,14,16H,1-4,6-7H2. The summed E-state index contributed by atoms with van der Waals surface area (Å²) in [5, 5.41) is 13.5. The van der Waals surface area contributed by atoms with Crippen LogP contribution in [0.5, 0.6) is 17.2 Å². The van der Waals surface area contributed by atoms with Crippen molar-refractivity contribution in [2.45, 2.75) is 6.54 Å². The Hall–Kier alpha value is -0.980. The summed E-state index contributed by atoms with van der Waals surface area (Å²) in [6.07, 6.45) is 0. The van der Waals surface area contributed by atoms with E-state index in [2.05, 4.69) is 26.1 Å². The highest BCUT2D eigenvalue weighted by Crippen LogP contribution is 2.45. The first-order valence-corrected chi connectivity index (χ1v) is 6.78. The molecule has 0 radical (unpaired) electrons. The zero-order chi connectivity index (χ0) is 12.5. The van der Waals surface area contributed by atoms with E-state index in [1.165, 1.54) is 0 Å². The van der Waals surface area contributed by atoms with E-state index in [1.807, 2.05) is 0 Å². The van der Waals surface area contributed by atoms with Crippen LogP contribution in [0.15, 0.2) is 10.5 Å². The molecule has 0 aromatic heterocycles. The van der Waals surface area contributed by atoms with E-state index >= 15 is 0 Å². The summed E-state index contributed by atoms with van der Waals surface area (Å²) in [6.45, 7) is 4.81. The van der Waals surface area contributed by atoms with Crippen molar-refractivity contribution in [1.82, 2.24) is 10.2 Å². The third-order valence-electron chi connectivity index (χ3n) is 3.28. The molecule has 0 amide bonds. The zero-order valence-corrected chi connectivity index (χ0v) is 11.5. The summed E-state index contributed by atoms with van der Waals surface area (Å²) in [6, 6.07) is 1.75. The summed E-state index contributed by atoms with van der Waals surface area (Å²) in [7, 11) is 0. The molecule has 1 aromatic carbocycles. The number of ether oxygens (including phenoxy) is 2. The Morgan fingerprint density at radius 3 is 2.89 bits per heavy atom.